The fraction of sp³-hybridized carbons (Fsp3) is 0.429. The molecular formula is C7H11ClN2O3. The molecule has 1 rings (SSSR count). The smallest absolute Gasteiger partial charge is 0.326 e. The SMILES string of the molecule is Cc1nc(C(N)C(=O)O)c(C)o1.Cl. The zero-order valence-corrected chi connectivity index (χ0v) is 8.09. The van der Waals surface area contributed by atoms with Gasteiger partial charge in [-0.25, -0.2) is 4.98 Å². The van der Waals surface area contributed by atoms with E-state index in [-0.39, 0.29) is 12.4 Å². The number of nitrogens with two attached hydrogens (primary N) is 1. The van der Waals surface area contributed by atoms with E-state index in [1.165, 1.54) is 0 Å². The summed E-state index contributed by atoms with van der Waals surface area (Å²) in [6.07, 6.45) is 0. The topological polar surface area (TPSA) is 89.3 Å². The fourth-order valence-corrected chi connectivity index (χ4v) is 0.950. The van der Waals surface area contributed by atoms with E-state index >= 15 is 0 Å². The standard InChI is InChI=1S/C7H10N2O3.ClH/c1-3-6(5(8)7(10)11)9-4(2)12-3;/h5H,8H2,1-2H3,(H,10,11);1H. The summed E-state index contributed by atoms with van der Waals surface area (Å²) in [5.41, 5.74) is 5.62. The molecule has 1 heterocycles. The third-order valence-electron chi connectivity index (χ3n) is 1.50. The maximum absolute atomic E-state index is 10.5. The molecule has 1 unspecified atom stereocenters. The maximum Gasteiger partial charge on any atom is 0.326 e. The average molecular weight is 207 g/mol. The van der Waals surface area contributed by atoms with E-state index in [0.717, 1.165) is 0 Å². The first-order valence-corrected chi connectivity index (χ1v) is 3.44. The van der Waals surface area contributed by atoms with Crippen LogP contribution in [-0.2, 0) is 4.79 Å². The number of rotatable bonds is 2. The molecule has 74 valence electrons. The zero-order valence-electron chi connectivity index (χ0n) is 7.27. The molecule has 6 heteroatoms. The molecule has 1 atom stereocenters. The average Bonchev–Trinajstić information content (AvgIpc) is 2.28. The van der Waals surface area contributed by atoms with Crippen LogP contribution >= 0.6 is 12.4 Å². The van der Waals surface area contributed by atoms with E-state index in [0.29, 0.717) is 17.3 Å². The van der Waals surface area contributed by atoms with Gasteiger partial charge in [-0.2, -0.15) is 0 Å². The summed E-state index contributed by atoms with van der Waals surface area (Å²) in [4.78, 5) is 14.3. The molecule has 5 nitrogen and oxygen atoms in total. The van der Waals surface area contributed by atoms with Crippen molar-refractivity contribution in [1.82, 2.24) is 4.98 Å². The zero-order chi connectivity index (χ0) is 9.30. The molecular weight excluding hydrogens is 196 g/mol. The van der Waals surface area contributed by atoms with E-state index in [9.17, 15) is 4.79 Å². The van der Waals surface area contributed by atoms with Gasteiger partial charge in [0.2, 0.25) is 0 Å². The molecule has 3 N–H and O–H groups in total. The number of nitrogens with zero attached hydrogens (tertiary/aromatic N) is 1. The molecule has 13 heavy (non-hydrogen) atoms. The van der Waals surface area contributed by atoms with E-state index in [4.69, 9.17) is 15.3 Å². The lowest BCUT2D eigenvalue weighted by molar-refractivity contribution is -0.138. The minimum atomic E-state index is -1.11. The Morgan fingerprint density at radius 1 is 1.62 bits per heavy atom. The van der Waals surface area contributed by atoms with Crippen LogP contribution in [0.4, 0.5) is 0 Å². The molecule has 0 radical (unpaired) electrons. The monoisotopic (exact) mass is 206 g/mol. The number of aromatic nitrogens is 1. The number of aliphatic carboxylic acids is 1. The predicted octanol–water partition coefficient (Wildman–Crippen LogP) is 0.798. The number of oxazole rings is 1. The molecule has 0 aliphatic rings. The van der Waals surface area contributed by atoms with Crippen molar-refractivity contribution >= 4 is 18.4 Å². The van der Waals surface area contributed by atoms with Gasteiger partial charge in [-0.15, -0.1) is 12.4 Å². The lowest BCUT2D eigenvalue weighted by Crippen LogP contribution is -2.21. The highest BCUT2D eigenvalue weighted by Gasteiger charge is 2.20. The van der Waals surface area contributed by atoms with Gasteiger partial charge in [-0.3, -0.25) is 4.79 Å². The maximum atomic E-state index is 10.5. The fourth-order valence-electron chi connectivity index (χ4n) is 0.950. The Bertz CT molecular complexity index is 311. The van der Waals surface area contributed by atoms with Crippen LogP contribution in [0.1, 0.15) is 23.4 Å². The molecule has 0 saturated carbocycles. The van der Waals surface area contributed by atoms with E-state index < -0.39 is 12.0 Å². The first kappa shape index (κ1) is 11.9. The van der Waals surface area contributed by atoms with Crippen molar-refractivity contribution in [1.29, 1.82) is 0 Å². The third kappa shape index (κ3) is 2.43. The second-order valence-electron chi connectivity index (χ2n) is 2.49. The molecule has 1 aromatic rings. The van der Waals surface area contributed by atoms with Crippen molar-refractivity contribution in [2.45, 2.75) is 19.9 Å². The van der Waals surface area contributed by atoms with Crippen LogP contribution in [0, 0.1) is 13.8 Å². The molecule has 0 saturated heterocycles. The number of halogens is 1. The number of carboxylic acids is 1. The summed E-state index contributed by atoms with van der Waals surface area (Å²) < 4.78 is 5.03. The molecule has 0 spiro atoms. The Hall–Kier alpha value is -1.07. The Balaban J connectivity index is 0.00000144. The molecule has 0 amide bonds. The van der Waals surface area contributed by atoms with Crippen molar-refractivity contribution in [3.05, 3.63) is 17.3 Å². The van der Waals surface area contributed by atoms with Gasteiger partial charge in [0.1, 0.15) is 17.5 Å². The van der Waals surface area contributed by atoms with Gasteiger partial charge in [0.15, 0.2) is 5.89 Å². The number of carbonyl (C=O) groups is 1. The van der Waals surface area contributed by atoms with Crippen LogP contribution in [0.5, 0.6) is 0 Å². The molecule has 0 fully saturated rings. The van der Waals surface area contributed by atoms with Crippen LogP contribution in [0.3, 0.4) is 0 Å². The highest BCUT2D eigenvalue weighted by atomic mass is 35.5. The minimum Gasteiger partial charge on any atom is -0.480 e. The summed E-state index contributed by atoms with van der Waals surface area (Å²) in [5.74, 6) is -0.215. The molecule has 0 aromatic carbocycles. The molecule has 1 aromatic heterocycles. The third-order valence-corrected chi connectivity index (χ3v) is 1.50. The Kier molecular flexibility index (Phi) is 3.90. The lowest BCUT2D eigenvalue weighted by atomic mass is 10.2. The van der Waals surface area contributed by atoms with Gasteiger partial charge in [-0.1, -0.05) is 0 Å². The van der Waals surface area contributed by atoms with Crippen molar-refractivity contribution in [3.63, 3.8) is 0 Å². The van der Waals surface area contributed by atoms with Crippen LogP contribution in [-0.4, -0.2) is 16.1 Å². The highest BCUT2D eigenvalue weighted by Crippen LogP contribution is 2.15. The van der Waals surface area contributed by atoms with E-state index in [2.05, 4.69) is 4.98 Å². The minimum absolute atomic E-state index is 0. The normalized spacial score (nSPS) is 11.9. The first-order chi connectivity index (χ1) is 5.52. The second kappa shape index (κ2) is 4.25. The second-order valence-corrected chi connectivity index (χ2v) is 2.49. The molecule has 0 aliphatic heterocycles. The highest BCUT2D eigenvalue weighted by molar-refractivity contribution is 5.85. The van der Waals surface area contributed by atoms with E-state index in [1.807, 2.05) is 0 Å². The number of aryl methyl sites for hydroxylation is 2. The summed E-state index contributed by atoms with van der Waals surface area (Å²) in [5, 5.41) is 8.56. The van der Waals surface area contributed by atoms with Crippen LogP contribution < -0.4 is 5.73 Å². The van der Waals surface area contributed by atoms with Gasteiger partial charge in [0.05, 0.1) is 0 Å². The van der Waals surface area contributed by atoms with Crippen LogP contribution in [0.2, 0.25) is 0 Å². The van der Waals surface area contributed by atoms with Gasteiger partial charge < -0.3 is 15.3 Å². The Morgan fingerprint density at radius 2 is 2.15 bits per heavy atom. The lowest BCUT2D eigenvalue weighted by Gasteiger charge is -2.00. The van der Waals surface area contributed by atoms with Crippen molar-refractivity contribution in [2.75, 3.05) is 0 Å². The number of hydrogen-bond donors (Lipinski definition) is 2. The van der Waals surface area contributed by atoms with Gasteiger partial charge in [0.25, 0.3) is 0 Å². The summed E-state index contributed by atoms with van der Waals surface area (Å²) in [6, 6.07) is -1.09. The Morgan fingerprint density at radius 3 is 2.46 bits per heavy atom. The van der Waals surface area contributed by atoms with Crippen LogP contribution in [0.25, 0.3) is 0 Å². The summed E-state index contributed by atoms with van der Waals surface area (Å²) in [7, 11) is 0. The largest absolute Gasteiger partial charge is 0.480 e. The number of hydrogen-bond acceptors (Lipinski definition) is 4. The van der Waals surface area contributed by atoms with Gasteiger partial charge in [0, 0.05) is 6.92 Å². The first-order valence-electron chi connectivity index (χ1n) is 3.44. The predicted molar refractivity (Wildman–Crippen MR) is 47.8 cm³/mol. The summed E-state index contributed by atoms with van der Waals surface area (Å²) in [6.45, 7) is 3.28. The molecule has 0 bridgehead atoms. The number of carboxylic acid groups (broad SMARTS) is 1. The Labute approximate surface area is 81.4 Å². The molecule has 0 aliphatic carbocycles. The van der Waals surface area contributed by atoms with Crippen molar-refractivity contribution in [2.24, 2.45) is 5.73 Å². The summed E-state index contributed by atoms with van der Waals surface area (Å²) >= 11 is 0. The quantitative estimate of drug-likeness (QED) is 0.747. The van der Waals surface area contributed by atoms with Gasteiger partial charge in [-0.05, 0) is 6.92 Å². The van der Waals surface area contributed by atoms with E-state index in [1.54, 1.807) is 13.8 Å². The van der Waals surface area contributed by atoms with Crippen molar-refractivity contribution < 1.29 is 14.3 Å². The van der Waals surface area contributed by atoms with Crippen molar-refractivity contribution in [3.8, 4) is 0 Å². The van der Waals surface area contributed by atoms with Crippen LogP contribution in [0.15, 0.2) is 4.42 Å². The van der Waals surface area contributed by atoms with Gasteiger partial charge >= 0.3 is 5.97 Å².